The summed E-state index contributed by atoms with van der Waals surface area (Å²) >= 11 is 0. The first kappa shape index (κ1) is 11.6. The minimum absolute atomic E-state index is 0.383. The predicted octanol–water partition coefficient (Wildman–Crippen LogP) is 1.95. The molecule has 0 spiro atoms. The van der Waals surface area contributed by atoms with Crippen LogP contribution in [0.1, 0.15) is 11.6 Å². The van der Waals surface area contributed by atoms with Gasteiger partial charge in [0, 0.05) is 5.56 Å². The topological polar surface area (TPSA) is 58.6 Å². The summed E-state index contributed by atoms with van der Waals surface area (Å²) in [6.07, 6.45) is -1.04. The number of carbonyl (C=O) groups excluding carboxylic acids is 1. The van der Waals surface area contributed by atoms with Crippen molar-refractivity contribution in [3.05, 3.63) is 29.6 Å². The van der Waals surface area contributed by atoms with Crippen LogP contribution in [0.15, 0.2) is 18.2 Å². The Kier molecular flexibility index (Phi) is 2.60. The lowest BCUT2D eigenvalue weighted by Crippen LogP contribution is -2.49. The van der Waals surface area contributed by atoms with Crippen molar-refractivity contribution in [3.63, 3.8) is 0 Å². The summed E-state index contributed by atoms with van der Waals surface area (Å²) in [5.74, 6) is -4.72. The maximum Gasteiger partial charge on any atom is 0.408 e. The number of hydrogen-bond donors (Lipinski definition) is 2. The number of nitrogens with one attached hydrogen (secondary N) is 1. The molecule has 17 heavy (non-hydrogen) atoms. The lowest BCUT2D eigenvalue weighted by Gasteiger charge is -2.32. The second kappa shape index (κ2) is 3.83. The van der Waals surface area contributed by atoms with Gasteiger partial charge in [-0.15, -0.1) is 0 Å². The molecule has 1 aliphatic rings. The molecule has 1 fully saturated rings. The first-order valence-corrected chi connectivity index (χ1v) is 4.70. The molecule has 4 nitrogen and oxygen atoms in total. The number of cyclic esters (lactones) is 1. The van der Waals surface area contributed by atoms with Gasteiger partial charge in [-0.2, -0.15) is 0 Å². The molecule has 0 bridgehead atoms. The highest BCUT2D eigenvalue weighted by Gasteiger charge is 2.47. The lowest BCUT2D eigenvalue weighted by atomic mass is 9.99. The molecule has 0 aliphatic carbocycles. The summed E-state index contributed by atoms with van der Waals surface area (Å²) in [7, 11) is 0. The summed E-state index contributed by atoms with van der Waals surface area (Å²) in [5.41, 5.74) is -0.383. The number of amides is 1. The number of aromatic hydroxyl groups is 1. The summed E-state index contributed by atoms with van der Waals surface area (Å²) in [6.45, 7) is -1.11. The Morgan fingerprint density at radius 1 is 1.47 bits per heavy atom. The molecule has 1 atom stereocenters. The van der Waals surface area contributed by atoms with E-state index >= 15 is 0 Å². The maximum atomic E-state index is 13.5. The van der Waals surface area contributed by atoms with E-state index in [-0.39, 0.29) is 5.56 Å². The van der Waals surface area contributed by atoms with Gasteiger partial charge in [-0.25, -0.2) is 18.0 Å². The van der Waals surface area contributed by atoms with E-state index in [4.69, 9.17) is 0 Å². The van der Waals surface area contributed by atoms with Gasteiger partial charge in [0.15, 0.2) is 6.61 Å². The number of ether oxygens (including phenoxy) is 1. The van der Waals surface area contributed by atoms with Crippen molar-refractivity contribution in [2.75, 3.05) is 6.61 Å². The van der Waals surface area contributed by atoms with E-state index in [1.54, 1.807) is 0 Å². The third-order valence-electron chi connectivity index (χ3n) is 2.38. The van der Waals surface area contributed by atoms with E-state index < -0.39 is 36.2 Å². The molecule has 1 saturated heterocycles. The number of hydrogen-bond acceptors (Lipinski definition) is 3. The zero-order valence-corrected chi connectivity index (χ0v) is 8.41. The molecule has 1 amide bonds. The largest absolute Gasteiger partial charge is 0.508 e. The van der Waals surface area contributed by atoms with Gasteiger partial charge in [0.05, 0.1) is 0 Å². The van der Waals surface area contributed by atoms with Gasteiger partial charge in [-0.05, 0) is 18.2 Å². The Morgan fingerprint density at radius 3 is 2.88 bits per heavy atom. The number of alkyl carbamates (subject to hydrolysis) is 1. The third-order valence-corrected chi connectivity index (χ3v) is 2.38. The Hall–Kier alpha value is -1.92. The zero-order chi connectivity index (χ0) is 12.6. The van der Waals surface area contributed by atoms with Gasteiger partial charge >= 0.3 is 12.0 Å². The highest BCUT2D eigenvalue weighted by molar-refractivity contribution is 5.69. The zero-order valence-electron chi connectivity index (χ0n) is 8.41. The maximum absolute atomic E-state index is 13.5. The summed E-state index contributed by atoms with van der Waals surface area (Å²) in [4.78, 5) is 10.9. The third kappa shape index (κ3) is 2.13. The van der Waals surface area contributed by atoms with Gasteiger partial charge < -0.3 is 15.2 Å². The van der Waals surface area contributed by atoms with Crippen LogP contribution in [0.4, 0.5) is 18.0 Å². The Bertz CT molecular complexity index is 464. The van der Waals surface area contributed by atoms with Crippen molar-refractivity contribution < 1.29 is 27.8 Å². The van der Waals surface area contributed by atoms with E-state index in [2.05, 4.69) is 4.74 Å². The fourth-order valence-corrected chi connectivity index (χ4v) is 1.57. The summed E-state index contributed by atoms with van der Waals surface area (Å²) < 4.78 is 44.0. The molecule has 1 aromatic rings. The van der Waals surface area contributed by atoms with E-state index in [0.717, 1.165) is 18.2 Å². The number of halogens is 3. The monoisotopic (exact) mass is 247 g/mol. The van der Waals surface area contributed by atoms with Crippen LogP contribution < -0.4 is 5.32 Å². The SMILES string of the molecule is O=C1N[C@H](c2cc(F)ccc2O)C(F)(F)CO1. The molecule has 0 radical (unpaired) electrons. The van der Waals surface area contributed by atoms with Gasteiger partial charge in [-0.3, -0.25) is 0 Å². The minimum Gasteiger partial charge on any atom is -0.508 e. The second-order valence-corrected chi connectivity index (χ2v) is 3.62. The number of phenols is 1. The van der Waals surface area contributed by atoms with Crippen LogP contribution in [0.25, 0.3) is 0 Å². The normalized spacial score (nSPS) is 22.8. The molecule has 0 aromatic heterocycles. The van der Waals surface area contributed by atoms with Crippen LogP contribution in [0, 0.1) is 5.82 Å². The highest BCUT2D eigenvalue weighted by Crippen LogP contribution is 2.38. The quantitative estimate of drug-likeness (QED) is 0.797. The molecule has 0 unspecified atom stereocenters. The van der Waals surface area contributed by atoms with E-state index in [0.29, 0.717) is 0 Å². The van der Waals surface area contributed by atoms with Crippen molar-refractivity contribution in [1.82, 2.24) is 5.32 Å². The summed E-state index contributed by atoms with van der Waals surface area (Å²) in [5, 5.41) is 11.3. The smallest absolute Gasteiger partial charge is 0.408 e. The van der Waals surface area contributed by atoms with Crippen molar-refractivity contribution in [3.8, 4) is 5.75 Å². The fraction of sp³-hybridized carbons (Fsp3) is 0.300. The van der Waals surface area contributed by atoms with Crippen LogP contribution in [0.3, 0.4) is 0 Å². The Balaban J connectivity index is 2.42. The molecule has 7 heteroatoms. The predicted molar refractivity (Wildman–Crippen MR) is 50.2 cm³/mol. The number of carbonyl (C=O) groups is 1. The molecular formula is C10H8F3NO3. The van der Waals surface area contributed by atoms with Crippen molar-refractivity contribution in [1.29, 1.82) is 0 Å². The molecule has 92 valence electrons. The van der Waals surface area contributed by atoms with Crippen LogP contribution in [0.2, 0.25) is 0 Å². The number of benzene rings is 1. The molecule has 2 N–H and O–H groups in total. The average molecular weight is 247 g/mol. The number of rotatable bonds is 1. The van der Waals surface area contributed by atoms with Crippen molar-refractivity contribution in [2.45, 2.75) is 12.0 Å². The van der Waals surface area contributed by atoms with Gasteiger partial charge in [0.1, 0.15) is 17.6 Å². The minimum atomic E-state index is -3.42. The van der Waals surface area contributed by atoms with E-state index in [1.807, 2.05) is 5.32 Å². The van der Waals surface area contributed by atoms with Gasteiger partial charge in [-0.1, -0.05) is 0 Å². The van der Waals surface area contributed by atoms with Gasteiger partial charge in [0.25, 0.3) is 0 Å². The van der Waals surface area contributed by atoms with Crippen LogP contribution in [-0.2, 0) is 4.74 Å². The van der Waals surface area contributed by atoms with Crippen LogP contribution in [0.5, 0.6) is 5.75 Å². The molecule has 2 rings (SSSR count). The number of alkyl halides is 2. The van der Waals surface area contributed by atoms with E-state index in [1.165, 1.54) is 0 Å². The molecule has 1 heterocycles. The first-order chi connectivity index (χ1) is 7.90. The number of phenolic OH excluding ortho intramolecular Hbond substituents is 1. The average Bonchev–Trinajstić information content (AvgIpc) is 2.26. The molecular weight excluding hydrogens is 239 g/mol. The lowest BCUT2D eigenvalue weighted by molar-refractivity contribution is -0.104. The first-order valence-electron chi connectivity index (χ1n) is 4.70. The van der Waals surface area contributed by atoms with Gasteiger partial charge in [0.2, 0.25) is 0 Å². The van der Waals surface area contributed by atoms with E-state index in [9.17, 15) is 23.1 Å². The van der Waals surface area contributed by atoms with Crippen LogP contribution in [-0.4, -0.2) is 23.7 Å². The molecule has 1 aliphatic heterocycles. The highest BCUT2D eigenvalue weighted by atomic mass is 19.3. The van der Waals surface area contributed by atoms with Crippen molar-refractivity contribution >= 4 is 6.09 Å². The fourth-order valence-electron chi connectivity index (χ4n) is 1.57. The molecule has 0 saturated carbocycles. The summed E-state index contributed by atoms with van der Waals surface area (Å²) in [6, 6.07) is 0.819. The molecule has 1 aromatic carbocycles. The van der Waals surface area contributed by atoms with Crippen molar-refractivity contribution in [2.24, 2.45) is 0 Å². The van der Waals surface area contributed by atoms with Crippen LogP contribution >= 0.6 is 0 Å². The second-order valence-electron chi connectivity index (χ2n) is 3.62. The standard InChI is InChI=1S/C10H8F3NO3/c11-5-1-2-7(15)6(3-5)8-10(12,13)4-17-9(16)14-8/h1-3,8,15H,4H2,(H,14,16)/t8-/m1/s1. The Labute approximate surface area is 94.0 Å². The Morgan fingerprint density at radius 2 is 2.18 bits per heavy atom.